The molecule has 4 rings (SSSR count). The van der Waals surface area contributed by atoms with Gasteiger partial charge in [-0.25, -0.2) is 9.18 Å². The molecule has 1 aliphatic rings. The molecule has 0 bridgehead atoms. The first-order valence-corrected chi connectivity index (χ1v) is 10.1. The summed E-state index contributed by atoms with van der Waals surface area (Å²) in [4.78, 5) is 16.2. The number of carbonyl (C=O) groups excluding carboxylic acids is 1. The predicted octanol–water partition coefficient (Wildman–Crippen LogP) is 4.94. The quantitative estimate of drug-likeness (QED) is 0.619. The zero-order valence-electron chi connectivity index (χ0n) is 15.9. The van der Waals surface area contributed by atoms with Crippen LogP contribution in [-0.4, -0.2) is 47.3 Å². The first-order chi connectivity index (χ1) is 14.5. The van der Waals surface area contributed by atoms with Crippen LogP contribution in [0.25, 0.3) is 11.3 Å². The van der Waals surface area contributed by atoms with E-state index in [0.29, 0.717) is 47.6 Å². The van der Waals surface area contributed by atoms with E-state index in [0.717, 1.165) is 11.4 Å². The van der Waals surface area contributed by atoms with Crippen LogP contribution in [-0.2, 0) is 0 Å². The van der Waals surface area contributed by atoms with Crippen molar-refractivity contribution >= 4 is 40.7 Å². The standard InChI is InChI=1S/C21H18Cl2FN5O/c22-14-1-6-17(18(23)13-14)19-7-8-20(27-26-19)28-9-11-29(12-10-28)21(30)25-16-4-2-15(24)3-5-16/h1-8,13H,9-12H2,(H,25,30). The zero-order chi connectivity index (χ0) is 21.1. The largest absolute Gasteiger partial charge is 0.352 e. The number of halogens is 3. The molecule has 30 heavy (non-hydrogen) atoms. The second kappa shape index (κ2) is 8.85. The highest BCUT2D eigenvalue weighted by Crippen LogP contribution is 2.29. The van der Waals surface area contributed by atoms with Gasteiger partial charge in [-0.3, -0.25) is 0 Å². The molecule has 0 aliphatic carbocycles. The first kappa shape index (κ1) is 20.4. The molecule has 1 aromatic heterocycles. The lowest BCUT2D eigenvalue weighted by atomic mass is 10.1. The Kier molecular flexibility index (Phi) is 6.01. The fourth-order valence-corrected chi connectivity index (χ4v) is 3.71. The molecule has 1 aliphatic heterocycles. The molecule has 0 spiro atoms. The third kappa shape index (κ3) is 4.63. The molecule has 0 radical (unpaired) electrons. The van der Waals surface area contributed by atoms with Crippen LogP contribution < -0.4 is 10.2 Å². The van der Waals surface area contributed by atoms with Gasteiger partial charge >= 0.3 is 6.03 Å². The van der Waals surface area contributed by atoms with Gasteiger partial charge in [-0.1, -0.05) is 23.2 Å². The predicted molar refractivity (Wildman–Crippen MR) is 117 cm³/mol. The van der Waals surface area contributed by atoms with Crippen molar-refractivity contribution in [1.82, 2.24) is 15.1 Å². The lowest BCUT2D eigenvalue weighted by Crippen LogP contribution is -2.50. The van der Waals surface area contributed by atoms with Crippen LogP contribution in [0.2, 0.25) is 10.0 Å². The Morgan fingerprint density at radius 3 is 2.30 bits per heavy atom. The van der Waals surface area contributed by atoms with E-state index in [1.807, 2.05) is 18.2 Å². The van der Waals surface area contributed by atoms with Gasteiger partial charge in [-0.15, -0.1) is 10.2 Å². The highest BCUT2D eigenvalue weighted by atomic mass is 35.5. The minimum atomic E-state index is -0.341. The van der Waals surface area contributed by atoms with E-state index in [1.165, 1.54) is 24.3 Å². The van der Waals surface area contributed by atoms with Crippen LogP contribution in [0.3, 0.4) is 0 Å². The molecule has 154 valence electrons. The van der Waals surface area contributed by atoms with Crippen molar-refractivity contribution in [2.75, 3.05) is 36.4 Å². The molecule has 1 fully saturated rings. The van der Waals surface area contributed by atoms with E-state index < -0.39 is 0 Å². The summed E-state index contributed by atoms with van der Waals surface area (Å²) >= 11 is 12.2. The zero-order valence-corrected chi connectivity index (χ0v) is 17.4. The van der Waals surface area contributed by atoms with Crippen molar-refractivity contribution in [1.29, 1.82) is 0 Å². The number of carbonyl (C=O) groups is 1. The van der Waals surface area contributed by atoms with Crippen LogP contribution in [0.4, 0.5) is 20.7 Å². The normalized spacial score (nSPS) is 14.0. The third-order valence-corrected chi connectivity index (χ3v) is 5.39. The fraction of sp³-hybridized carbons (Fsp3) is 0.190. The number of urea groups is 1. The molecule has 3 aromatic rings. The topological polar surface area (TPSA) is 61.4 Å². The first-order valence-electron chi connectivity index (χ1n) is 9.35. The number of amides is 2. The Bertz CT molecular complexity index is 1040. The van der Waals surface area contributed by atoms with Crippen molar-refractivity contribution in [3.8, 4) is 11.3 Å². The molecule has 9 heteroatoms. The minimum Gasteiger partial charge on any atom is -0.352 e. The van der Waals surface area contributed by atoms with Gasteiger partial charge < -0.3 is 15.1 Å². The van der Waals surface area contributed by atoms with Crippen LogP contribution >= 0.6 is 23.2 Å². The number of nitrogens with zero attached hydrogens (tertiary/aromatic N) is 4. The van der Waals surface area contributed by atoms with Crippen LogP contribution in [0, 0.1) is 5.82 Å². The number of piperazine rings is 1. The maximum atomic E-state index is 13.0. The Hall–Kier alpha value is -2.90. The summed E-state index contributed by atoms with van der Waals surface area (Å²) in [5.41, 5.74) is 1.99. The second-order valence-electron chi connectivity index (χ2n) is 6.81. The van der Waals surface area contributed by atoms with E-state index >= 15 is 0 Å². The third-order valence-electron chi connectivity index (χ3n) is 4.84. The Morgan fingerprint density at radius 1 is 0.933 bits per heavy atom. The highest BCUT2D eigenvalue weighted by Gasteiger charge is 2.22. The summed E-state index contributed by atoms with van der Waals surface area (Å²) in [6.07, 6.45) is 0. The smallest absolute Gasteiger partial charge is 0.321 e. The molecular weight excluding hydrogens is 428 g/mol. The average molecular weight is 446 g/mol. The summed E-state index contributed by atoms with van der Waals surface area (Å²) in [5.74, 6) is 0.398. The van der Waals surface area contributed by atoms with Crippen LogP contribution in [0.5, 0.6) is 0 Å². The molecule has 1 N–H and O–H groups in total. The maximum absolute atomic E-state index is 13.0. The number of rotatable bonds is 3. The Balaban J connectivity index is 1.35. The SMILES string of the molecule is O=C(Nc1ccc(F)cc1)N1CCN(c2ccc(-c3ccc(Cl)cc3Cl)nn2)CC1. The van der Waals surface area contributed by atoms with E-state index in [4.69, 9.17) is 23.2 Å². The molecule has 2 amide bonds. The summed E-state index contributed by atoms with van der Waals surface area (Å²) in [5, 5.41) is 12.5. The van der Waals surface area contributed by atoms with Gasteiger partial charge in [0.05, 0.1) is 10.7 Å². The van der Waals surface area contributed by atoms with Crippen molar-refractivity contribution in [3.63, 3.8) is 0 Å². The number of hydrogen-bond acceptors (Lipinski definition) is 4. The number of anilines is 2. The van der Waals surface area contributed by atoms with E-state index in [2.05, 4.69) is 20.4 Å². The van der Waals surface area contributed by atoms with Gasteiger partial charge in [-0.05, 0) is 54.6 Å². The van der Waals surface area contributed by atoms with Crippen LogP contribution in [0.1, 0.15) is 0 Å². The molecule has 6 nitrogen and oxygen atoms in total. The summed E-state index contributed by atoms with van der Waals surface area (Å²) < 4.78 is 13.0. The molecule has 1 saturated heterocycles. The monoisotopic (exact) mass is 445 g/mol. The maximum Gasteiger partial charge on any atom is 0.321 e. The second-order valence-corrected chi connectivity index (χ2v) is 7.66. The average Bonchev–Trinajstić information content (AvgIpc) is 2.76. The summed E-state index contributed by atoms with van der Waals surface area (Å²) in [6.45, 7) is 2.35. The molecule has 0 unspecified atom stereocenters. The Labute approximate surface area is 183 Å². The van der Waals surface area contributed by atoms with Gasteiger partial charge in [0.15, 0.2) is 5.82 Å². The fourth-order valence-electron chi connectivity index (χ4n) is 3.21. The number of nitrogens with one attached hydrogen (secondary N) is 1. The summed E-state index contributed by atoms with van der Waals surface area (Å²) in [6, 6.07) is 14.5. The van der Waals surface area contributed by atoms with Gasteiger partial charge in [0.25, 0.3) is 0 Å². The van der Waals surface area contributed by atoms with Gasteiger partial charge in [0, 0.05) is 42.5 Å². The summed E-state index contributed by atoms with van der Waals surface area (Å²) in [7, 11) is 0. The number of benzene rings is 2. The van der Waals surface area contributed by atoms with Crippen molar-refractivity contribution in [2.45, 2.75) is 0 Å². The molecular formula is C21H18Cl2FN5O. The lowest BCUT2D eigenvalue weighted by molar-refractivity contribution is 0.208. The molecule has 0 saturated carbocycles. The van der Waals surface area contributed by atoms with E-state index in [-0.39, 0.29) is 11.8 Å². The van der Waals surface area contributed by atoms with Gasteiger partial charge in [-0.2, -0.15) is 0 Å². The minimum absolute atomic E-state index is 0.208. The van der Waals surface area contributed by atoms with E-state index in [9.17, 15) is 9.18 Å². The Morgan fingerprint density at radius 2 is 1.67 bits per heavy atom. The lowest BCUT2D eigenvalue weighted by Gasteiger charge is -2.35. The number of hydrogen-bond donors (Lipinski definition) is 1. The van der Waals surface area contributed by atoms with Gasteiger partial charge in [0.1, 0.15) is 5.82 Å². The molecule has 2 heterocycles. The molecule has 2 aromatic carbocycles. The van der Waals surface area contributed by atoms with Crippen LogP contribution in [0.15, 0.2) is 54.6 Å². The molecule has 0 atom stereocenters. The number of aromatic nitrogens is 2. The van der Waals surface area contributed by atoms with E-state index in [1.54, 1.807) is 17.0 Å². The van der Waals surface area contributed by atoms with Crippen molar-refractivity contribution in [2.24, 2.45) is 0 Å². The highest BCUT2D eigenvalue weighted by molar-refractivity contribution is 6.36. The van der Waals surface area contributed by atoms with Gasteiger partial charge in [0.2, 0.25) is 0 Å². The van der Waals surface area contributed by atoms with Crippen molar-refractivity contribution < 1.29 is 9.18 Å². The van der Waals surface area contributed by atoms with Crippen molar-refractivity contribution in [3.05, 3.63) is 70.5 Å².